The smallest absolute Gasteiger partial charge is 0.309 e. The van der Waals surface area contributed by atoms with Gasteiger partial charge in [0.2, 0.25) is 0 Å². The van der Waals surface area contributed by atoms with Crippen LogP contribution in [0.4, 0.5) is 0 Å². The molecule has 0 spiro atoms. The van der Waals surface area contributed by atoms with Crippen molar-refractivity contribution in [2.45, 2.75) is 119 Å². The number of carboxylic acids is 1. The molecule has 0 bridgehead atoms. The molecule has 2 N–H and O–H groups in total. The highest BCUT2D eigenvalue weighted by Gasteiger charge is 2.69. The van der Waals surface area contributed by atoms with Crippen LogP contribution in [0.5, 0.6) is 0 Å². The summed E-state index contributed by atoms with van der Waals surface area (Å²) in [5, 5.41) is 20.9. The molecule has 5 aliphatic rings. The fraction of sp³-hybridized carbons (Fsp3) is 0.900. The Bertz CT molecular complexity index is 889. The standard InChI is InChI=1S/C30H48O3/c1-25(2)19-8-10-21-28(5,20(19)9-11-23(25)31)15-17-30(7)22-18-27(4,24(32)33)13-12-26(22,3)14-16-29(21,30)6/h8,20-23,31H,9-18H2,1-7H3,(H,32,33)/t20-,21+,22-,23+,26-,27-,28+,29-,30+/m1/s1. The molecule has 33 heavy (non-hydrogen) atoms. The van der Waals surface area contributed by atoms with E-state index in [1.807, 2.05) is 6.92 Å². The van der Waals surface area contributed by atoms with Gasteiger partial charge in [-0.2, -0.15) is 0 Å². The molecule has 4 saturated carbocycles. The van der Waals surface area contributed by atoms with Gasteiger partial charge in [0, 0.05) is 5.41 Å². The van der Waals surface area contributed by atoms with Gasteiger partial charge in [-0.05, 0) is 111 Å². The molecule has 0 aliphatic heterocycles. The molecule has 3 heteroatoms. The fourth-order valence-corrected chi connectivity index (χ4v) is 10.5. The van der Waals surface area contributed by atoms with Gasteiger partial charge in [0.1, 0.15) is 0 Å². The largest absolute Gasteiger partial charge is 0.481 e. The van der Waals surface area contributed by atoms with Crippen molar-refractivity contribution in [3.63, 3.8) is 0 Å². The van der Waals surface area contributed by atoms with Crippen molar-refractivity contribution in [1.82, 2.24) is 0 Å². The van der Waals surface area contributed by atoms with E-state index in [9.17, 15) is 15.0 Å². The van der Waals surface area contributed by atoms with Crippen LogP contribution < -0.4 is 0 Å². The predicted molar refractivity (Wildman–Crippen MR) is 133 cm³/mol. The molecule has 0 radical (unpaired) electrons. The number of fused-ring (bicyclic) bond motifs is 7. The second-order valence-electron chi connectivity index (χ2n) is 14.9. The van der Waals surface area contributed by atoms with Gasteiger partial charge in [0.05, 0.1) is 11.5 Å². The van der Waals surface area contributed by atoms with E-state index in [0.717, 1.165) is 38.5 Å². The van der Waals surface area contributed by atoms with Gasteiger partial charge in [-0.25, -0.2) is 0 Å². The van der Waals surface area contributed by atoms with E-state index in [1.54, 1.807) is 0 Å². The second-order valence-corrected chi connectivity index (χ2v) is 14.9. The lowest BCUT2D eigenvalue weighted by molar-refractivity contribution is -0.232. The van der Waals surface area contributed by atoms with Crippen molar-refractivity contribution in [3.05, 3.63) is 11.6 Å². The highest BCUT2D eigenvalue weighted by atomic mass is 16.4. The number of hydrogen-bond acceptors (Lipinski definition) is 2. The van der Waals surface area contributed by atoms with Crippen molar-refractivity contribution in [3.8, 4) is 0 Å². The fourth-order valence-electron chi connectivity index (χ4n) is 10.5. The van der Waals surface area contributed by atoms with Crippen LogP contribution in [0.2, 0.25) is 0 Å². The predicted octanol–water partition coefficient (Wildman–Crippen LogP) is 7.23. The Hall–Kier alpha value is -0.830. The van der Waals surface area contributed by atoms with Gasteiger partial charge in [-0.1, -0.05) is 53.2 Å². The third-order valence-corrected chi connectivity index (χ3v) is 13.3. The number of carbonyl (C=O) groups is 1. The quantitative estimate of drug-likeness (QED) is 0.409. The van der Waals surface area contributed by atoms with Crippen LogP contribution in [0.3, 0.4) is 0 Å². The average Bonchev–Trinajstić information content (AvgIpc) is 2.74. The zero-order chi connectivity index (χ0) is 24.2. The van der Waals surface area contributed by atoms with E-state index in [0.29, 0.717) is 17.8 Å². The molecular weight excluding hydrogens is 408 g/mol. The van der Waals surface area contributed by atoms with Crippen LogP contribution in [0, 0.1) is 50.2 Å². The van der Waals surface area contributed by atoms with Gasteiger partial charge in [-0.3, -0.25) is 4.79 Å². The van der Waals surface area contributed by atoms with Crippen molar-refractivity contribution < 1.29 is 15.0 Å². The lowest BCUT2D eigenvalue weighted by Gasteiger charge is -2.73. The van der Waals surface area contributed by atoms with Gasteiger partial charge in [-0.15, -0.1) is 0 Å². The van der Waals surface area contributed by atoms with E-state index < -0.39 is 11.4 Å². The van der Waals surface area contributed by atoms with Crippen LogP contribution >= 0.6 is 0 Å². The maximum absolute atomic E-state index is 12.3. The van der Waals surface area contributed by atoms with Crippen LogP contribution in [-0.4, -0.2) is 22.3 Å². The normalized spacial score (nSPS) is 55.3. The van der Waals surface area contributed by atoms with Crippen LogP contribution in [0.15, 0.2) is 11.6 Å². The summed E-state index contributed by atoms with van der Waals surface area (Å²) < 4.78 is 0. The Morgan fingerprint density at radius 3 is 2.12 bits per heavy atom. The number of rotatable bonds is 1. The maximum atomic E-state index is 12.3. The highest BCUT2D eigenvalue weighted by Crippen LogP contribution is 2.77. The number of aliphatic hydroxyl groups excluding tert-OH is 1. The summed E-state index contributed by atoms with van der Waals surface area (Å²) >= 11 is 0. The highest BCUT2D eigenvalue weighted by molar-refractivity contribution is 5.74. The topological polar surface area (TPSA) is 57.5 Å². The minimum absolute atomic E-state index is 0.115. The molecule has 3 nitrogen and oxygen atoms in total. The van der Waals surface area contributed by atoms with E-state index >= 15 is 0 Å². The first kappa shape index (κ1) is 23.9. The number of aliphatic carboxylic acids is 1. The lowest BCUT2D eigenvalue weighted by atomic mass is 9.31. The third kappa shape index (κ3) is 2.87. The Morgan fingerprint density at radius 2 is 1.45 bits per heavy atom. The Kier molecular flexibility index (Phi) is 4.99. The molecule has 0 aromatic heterocycles. The van der Waals surface area contributed by atoms with Crippen molar-refractivity contribution >= 4 is 5.97 Å². The molecule has 5 aliphatic carbocycles. The molecule has 9 atom stereocenters. The van der Waals surface area contributed by atoms with Crippen LogP contribution in [0.1, 0.15) is 113 Å². The van der Waals surface area contributed by atoms with Crippen molar-refractivity contribution in [1.29, 1.82) is 0 Å². The molecule has 0 unspecified atom stereocenters. The van der Waals surface area contributed by atoms with Crippen molar-refractivity contribution in [2.75, 3.05) is 0 Å². The SMILES string of the molecule is CC1(C)C2=CC[C@H]3[C@@](C)(CC[C@@]4(C)[C@@H]5C[C@](C)(C(=O)O)CC[C@]5(C)CC[C@]34C)[C@@H]2CC[C@@H]1O. The van der Waals surface area contributed by atoms with Gasteiger partial charge < -0.3 is 10.2 Å². The summed E-state index contributed by atoms with van der Waals surface area (Å²) in [5.74, 6) is 1.12. The zero-order valence-electron chi connectivity index (χ0n) is 22.3. The summed E-state index contributed by atoms with van der Waals surface area (Å²) in [6.07, 6.45) is 13.2. The number of hydrogen-bond donors (Lipinski definition) is 2. The molecule has 186 valence electrons. The second kappa shape index (κ2) is 6.89. The molecule has 0 amide bonds. The van der Waals surface area contributed by atoms with Crippen LogP contribution in [0.25, 0.3) is 0 Å². The van der Waals surface area contributed by atoms with E-state index in [1.165, 1.54) is 31.3 Å². The Balaban J connectivity index is 1.56. The zero-order valence-corrected chi connectivity index (χ0v) is 22.3. The summed E-state index contributed by atoms with van der Waals surface area (Å²) in [6, 6.07) is 0. The summed E-state index contributed by atoms with van der Waals surface area (Å²) in [5.41, 5.74) is 1.84. The molecule has 0 heterocycles. The molecule has 5 rings (SSSR count). The summed E-state index contributed by atoms with van der Waals surface area (Å²) in [4.78, 5) is 12.3. The first-order valence-electron chi connectivity index (χ1n) is 13.8. The number of aliphatic hydroxyl groups is 1. The summed E-state index contributed by atoms with van der Waals surface area (Å²) in [7, 11) is 0. The molecular formula is C30H48O3. The molecule has 0 saturated heterocycles. The van der Waals surface area contributed by atoms with E-state index in [2.05, 4.69) is 47.6 Å². The minimum Gasteiger partial charge on any atom is -0.481 e. The molecule has 4 fully saturated rings. The van der Waals surface area contributed by atoms with Crippen LogP contribution in [-0.2, 0) is 4.79 Å². The first-order valence-corrected chi connectivity index (χ1v) is 13.8. The van der Waals surface area contributed by atoms with Gasteiger partial charge in [0.15, 0.2) is 0 Å². The maximum Gasteiger partial charge on any atom is 0.309 e. The Labute approximate surface area is 201 Å². The minimum atomic E-state index is -0.589. The van der Waals surface area contributed by atoms with E-state index in [4.69, 9.17) is 0 Å². The average molecular weight is 457 g/mol. The Morgan fingerprint density at radius 1 is 0.848 bits per heavy atom. The molecule has 0 aromatic rings. The van der Waals surface area contributed by atoms with Gasteiger partial charge in [0.25, 0.3) is 0 Å². The number of allylic oxidation sites excluding steroid dienone is 1. The third-order valence-electron chi connectivity index (χ3n) is 13.3. The summed E-state index contributed by atoms with van der Waals surface area (Å²) in [6.45, 7) is 16.8. The monoisotopic (exact) mass is 456 g/mol. The van der Waals surface area contributed by atoms with Crippen molar-refractivity contribution in [2.24, 2.45) is 50.2 Å². The van der Waals surface area contributed by atoms with E-state index in [-0.39, 0.29) is 33.2 Å². The lowest BCUT2D eigenvalue weighted by Crippen LogP contribution is -2.66. The van der Waals surface area contributed by atoms with Gasteiger partial charge >= 0.3 is 5.97 Å². The molecule has 0 aromatic carbocycles. The number of carboxylic acid groups (broad SMARTS) is 1. The first-order chi connectivity index (χ1) is 15.1.